The lowest BCUT2D eigenvalue weighted by atomic mass is 10.1. The van der Waals surface area contributed by atoms with E-state index in [-0.39, 0.29) is 0 Å². The molecule has 114 valence electrons. The fourth-order valence-electron chi connectivity index (χ4n) is 3.08. The van der Waals surface area contributed by atoms with Crippen molar-refractivity contribution in [2.75, 3.05) is 0 Å². The number of nitrogens with one attached hydrogen (secondary N) is 1. The maximum atomic E-state index is 4.84. The van der Waals surface area contributed by atoms with E-state index in [1.54, 1.807) is 6.20 Å². The largest absolute Gasteiger partial charge is 0.280 e. The topological polar surface area (TPSA) is 67.3 Å². The Morgan fingerprint density at radius 3 is 2.42 bits per heavy atom. The number of hydrogen-bond acceptors (Lipinski definition) is 4. The first kappa shape index (κ1) is 13.1. The molecule has 5 rings (SSSR count). The third kappa shape index (κ3) is 1.81. The van der Waals surface area contributed by atoms with E-state index >= 15 is 0 Å². The number of nitrogens with zero attached hydrogens (tertiary/aromatic N) is 4. The second-order valence-corrected chi connectivity index (χ2v) is 5.80. The third-order valence-corrected chi connectivity index (χ3v) is 4.27. The summed E-state index contributed by atoms with van der Waals surface area (Å²) in [7, 11) is 0. The Hall–Kier alpha value is -3.34. The van der Waals surface area contributed by atoms with Crippen molar-refractivity contribution in [1.29, 1.82) is 0 Å². The van der Waals surface area contributed by atoms with E-state index in [9.17, 15) is 0 Å². The average molecular weight is 311 g/mol. The van der Waals surface area contributed by atoms with Crippen LogP contribution in [-0.2, 0) is 0 Å². The lowest BCUT2D eigenvalue weighted by molar-refractivity contribution is 1.07. The van der Waals surface area contributed by atoms with Crippen molar-refractivity contribution in [3.05, 3.63) is 60.4 Å². The van der Waals surface area contributed by atoms with E-state index in [0.717, 1.165) is 49.9 Å². The molecule has 2 aromatic carbocycles. The summed E-state index contributed by atoms with van der Waals surface area (Å²) in [5, 5.41) is 9.53. The Balaban J connectivity index is 1.90. The minimum Gasteiger partial charge on any atom is -0.280 e. The monoisotopic (exact) mass is 311 g/mol. The van der Waals surface area contributed by atoms with Crippen LogP contribution in [0.25, 0.3) is 44.2 Å². The standard InChI is InChI=1S/C19H13N5/c1-11-17-19(24-23-11)13-7-3-2-6-12(13)18(22-17)16-10-20-14-8-4-5-9-15(14)21-16/h2-10H,1H3,(H,23,24). The zero-order chi connectivity index (χ0) is 16.1. The lowest BCUT2D eigenvalue weighted by Gasteiger charge is -2.07. The van der Waals surface area contributed by atoms with Crippen LogP contribution in [0.5, 0.6) is 0 Å². The zero-order valence-corrected chi connectivity index (χ0v) is 13.0. The summed E-state index contributed by atoms with van der Waals surface area (Å²) in [6.07, 6.45) is 1.79. The Bertz CT molecular complexity index is 1220. The van der Waals surface area contributed by atoms with Gasteiger partial charge < -0.3 is 0 Å². The molecular formula is C19H13N5. The number of fused-ring (bicyclic) bond motifs is 4. The van der Waals surface area contributed by atoms with Crippen LogP contribution in [0, 0.1) is 6.92 Å². The third-order valence-electron chi connectivity index (χ3n) is 4.27. The number of hydrogen-bond donors (Lipinski definition) is 1. The van der Waals surface area contributed by atoms with E-state index in [4.69, 9.17) is 9.97 Å². The van der Waals surface area contributed by atoms with Gasteiger partial charge in [0.05, 0.1) is 28.6 Å². The molecule has 0 aliphatic carbocycles. The average Bonchev–Trinajstić information content (AvgIpc) is 3.02. The van der Waals surface area contributed by atoms with E-state index in [0.29, 0.717) is 0 Å². The van der Waals surface area contributed by atoms with Crippen LogP contribution in [0.4, 0.5) is 0 Å². The number of pyridine rings is 1. The highest BCUT2D eigenvalue weighted by Crippen LogP contribution is 2.31. The van der Waals surface area contributed by atoms with Gasteiger partial charge in [-0.3, -0.25) is 10.1 Å². The van der Waals surface area contributed by atoms with Crippen LogP contribution in [0.3, 0.4) is 0 Å². The number of para-hydroxylation sites is 2. The fraction of sp³-hybridized carbons (Fsp3) is 0.0526. The Morgan fingerprint density at radius 1 is 0.792 bits per heavy atom. The van der Waals surface area contributed by atoms with Gasteiger partial charge >= 0.3 is 0 Å². The molecule has 0 atom stereocenters. The number of aromatic nitrogens is 5. The number of aromatic amines is 1. The molecule has 0 saturated carbocycles. The van der Waals surface area contributed by atoms with Crippen LogP contribution in [0.15, 0.2) is 54.7 Å². The number of aryl methyl sites for hydroxylation is 1. The van der Waals surface area contributed by atoms with Crippen molar-refractivity contribution in [2.45, 2.75) is 6.92 Å². The van der Waals surface area contributed by atoms with Crippen molar-refractivity contribution < 1.29 is 0 Å². The Morgan fingerprint density at radius 2 is 1.54 bits per heavy atom. The van der Waals surface area contributed by atoms with Crippen molar-refractivity contribution in [3.63, 3.8) is 0 Å². The summed E-state index contributed by atoms with van der Waals surface area (Å²) >= 11 is 0. The maximum Gasteiger partial charge on any atom is 0.119 e. The van der Waals surface area contributed by atoms with Gasteiger partial charge in [0.15, 0.2) is 0 Å². The summed E-state index contributed by atoms with van der Waals surface area (Å²) in [6, 6.07) is 16.0. The molecule has 5 nitrogen and oxygen atoms in total. The molecule has 5 heteroatoms. The molecule has 0 aliphatic rings. The zero-order valence-electron chi connectivity index (χ0n) is 13.0. The number of benzene rings is 2. The fourth-order valence-corrected chi connectivity index (χ4v) is 3.08. The first-order valence-corrected chi connectivity index (χ1v) is 7.77. The van der Waals surface area contributed by atoms with E-state index in [1.807, 2.05) is 43.3 Å². The van der Waals surface area contributed by atoms with Gasteiger partial charge in [0.2, 0.25) is 0 Å². The first-order chi connectivity index (χ1) is 11.8. The van der Waals surface area contributed by atoms with Gasteiger partial charge in [0.25, 0.3) is 0 Å². The van der Waals surface area contributed by atoms with Gasteiger partial charge in [0.1, 0.15) is 16.7 Å². The minimum atomic E-state index is 0.771. The molecular weight excluding hydrogens is 298 g/mol. The van der Waals surface area contributed by atoms with Gasteiger partial charge in [-0.15, -0.1) is 0 Å². The molecule has 0 fully saturated rings. The highest BCUT2D eigenvalue weighted by molar-refractivity contribution is 6.09. The predicted molar refractivity (Wildman–Crippen MR) is 94.7 cm³/mol. The van der Waals surface area contributed by atoms with E-state index in [1.165, 1.54) is 0 Å². The number of H-pyrrole nitrogens is 1. The van der Waals surface area contributed by atoms with Gasteiger partial charge in [-0.25, -0.2) is 9.97 Å². The molecule has 3 heterocycles. The van der Waals surface area contributed by atoms with Crippen LogP contribution >= 0.6 is 0 Å². The molecule has 0 amide bonds. The van der Waals surface area contributed by atoms with Gasteiger partial charge in [-0.05, 0) is 19.1 Å². The molecule has 0 unspecified atom stereocenters. The lowest BCUT2D eigenvalue weighted by Crippen LogP contribution is -1.93. The van der Waals surface area contributed by atoms with Crippen molar-refractivity contribution in [1.82, 2.24) is 25.1 Å². The Labute approximate surface area is 137 Å². The summed E-state index contributed by atoms with van der Waals surface area (Å²) in [5.74, 6) is 0. The molecule has 1 N–H and O–H groups in total. The summed E-state index contributed by atoms with van der Waals surface area (Å²) < 4.78 is 0. The van der Waals surface area contributed by atoms with Crippen LogP contribution in [-0.4, -0.2) is 25.1 Å². The number of rotatable bonds is 1. The van der Waals surface area contributed by atoms with Gasteiger partial charge in [0, 0.05) is 10.8 Å². The summed E-state index contributed by atoms with van der Waals surface area (Å²) in [4.78, 5) is 14.1. The summed E-state index contributed by atoms with van der Waals surface area (Å²) in [6.45, 7) is 1.98. The maximum absolute atomic E-state index is 4.84. The Kier molecular flexibility index (Phi) is 2.64. The van der Waals surface area contributed by atoms with Crippen LogP contribution in [0.2, 0.25) is 0 Å². The van der Waals surface area contributed by atoms with E-state index < -0.39 is 0 Å². The quantitative estimate of drug-likeness (QED) is 0.507. The van der Waals surface area contributed by atoms with Crippen molar-refractivity contribution >= 4 is 32.8 Å². The van der Waals surface area contributed by atoms with Crippen LogP contribution < -0.4 is 0 Å². The molecule has 0 radical (unpaired) electrons. The molecule has 0 saturated heterocycles. The normalized spacial score (nSPS) is 11.5. The highest BCUT2D eigenvalue weighted by atomic mass is 15.1. The van der Waals surface area contributed by atoms with E-state index in [2.05, 4.69) is 27.3 Å². The van der Waals surface area contributed by atoms with Crippen LogP contribution in [0.1, 0.15) is 5.69 Å². The minimum absolute atomic E-state index is 0.771. The highest BCUT2D eigenvalue weighted by Gasteiger charge is 2.15. The molecule has 5 aromatic rings. The van der Waals surface area contributed by atoms with Gasteiger partial charge in [-0.2, -0.15) is 5.10 Å². The molecule has 3 aromatic heterocycles. The smallest absolute Gasteiger partial charge is 0.119 e. The van der Waals surface area contributed by atoms with Crippen molar-refractivity contribution in [3.8, 4) is 11.4 Å². The second-order valence-electron chi connectivity index (χ2n) is 5.80. The van der Waals surface area contributed by atoms with Crippen molar-refractivity contribution in [2.24, 2.45) is 0 Å². The predicted octanol–water partition coefficient (Wildman–Crippen LogP) is 4.03. The molecule has 24 heavy (non-hydrogen) atoms. The first-order valence-electron chi connectivity index (χ1n) is 7.77. The SMILES string of the molecule is Cc1[nH]nc2c1nc(-c1cnc3ccccc3n1)c1ccccc12. The second kappa shape index (κ2) is 4.83. The summed E-state index contributed by atoms with van der Waals surface area (Å²) in [5.41, 5.74) is 6.06. The molecule has 0 bridgehead atoms. The molecule has 0 spiro atoms. The molecule has 0 aliphatic heterocycles. The van der Waals surface area contributed by atoms with Gasteiger partial charge in [-0.1, -0.05) is 36.4 Å².